The highest BCUT2D eigenvalue weighted by atomic mass is 19.4. The van der Waals surface area contributed by atoms with Crippen LogP contribution in [0.2, 0.25) is 0 Å². The topological polar surface area (TPSA) is 67.8 Å². The number of para-hydroxylation sites is 1. The van der Waals surface area contributed by atoms with E-state index in [1.54, 1.807) is 23.5 Å². The maximum absolute atomic E-state index is 11.9. The molecule has 1 rings (SSSR count). The van der Waals surface area contributed by atoms with E-state index in [0.29, 0.717) is 5.56 Å². The Hall–Kier alpha value is -1.96. The third-order valence-corrected chi connectivity index (χ3v) is 2.28. The predicted octanol–water partition coefficient (Wildman–Crippen LogP) is 1.24. The van der Waals surface area contributed by atoms with Gasteiger partial charge in [0.2, 0.25) is 0 Å². The van der Waals surface area contributed by atoms with Crippen molar-refractivity contribution in [3.63, 3.8) is 0 Å². The summed E-state index contributed by atoms with van der Waals surface area (Å²) in [4.78, 5) is 11.2. The molecule has 1 aromatic rings. The number of halogens is 3. The van der Waals surface area contributed by atoms with Crippen LogP contribution in [-0.2, 0) is 11.4 Å². The van der Waals surface area contributed by atoms with Gasteiger partial charge in [-0.2, -0.15) is 13.2 Å². The van der Waals surface area contributed by atoms with E-state index in [4.69, 9.17) is 14.6 Å². The molecule has 0 spiro atoms. The summed E-state index contributed by atoms with van der Waals surface area (Å²) in [6, 6.07) is 4.70. The Morgan fingerprint density at radius 2 is 2.10 bits per heavy atom. The lowest BCUT2D eigenvalue weighted by atomic mass is 10.2. The van der Waals surface area contributed by atoms with Crippen molar-refractivity contribution in [1.29, 1.82) is 0 Å². The Labute approximate surface area is 113 Å². The first-order valence-electron chi connectivity index (χ1n) is 5.60. The molecule has 0 aliphatic heterocycles. The monoisotopic (exact) mass is 293 g/mol. The van der Waals surface area contributed by atoms with Crippen LogP contribution < -0.4 is 14.8 Å². The minimum atomic E-state index is -4.48. The third kappa shape index (κ3) is 4.96. The zero-order valence-electron chi connectivity index (χ0n) is 10.7. The maximum atomic E-state index is 11.9. The molecule has 8 heteroatoms. The van der Waals surface area contributed by atoms with E-state index >= 15 is 0 Å². The molecule has 0 atom stereocenters. The normalized spacial score (nSPS) is 11.1. The molecule has 0 bridgehead atoms. The van der Waals surface area contributed by atoms with Crippen molar-refractivity contribution >= 4 is 5.91 Å². The number of ether oxygens (including phenoxy) is 2. The van der Waals surface area contributed by atoms with Gasteiger partial charge in [0.1, 0.15) is 6.54 Å². The number of nitrogens with one attached hydrogen (secondary N) is 1. The van der Waals surface area contributed by atoms with Crippen LogP contribution in [0.3, 0.4) is 0 Å². The van der Waals surface area contributed by atoms with Crippen LogP contribution in [0, 0.1) is 0 Å². The van der Waals surface area contributed by atoms with Crippen molar-refractivity contribution in [1.82, 2.24) is 5.32 Å². The second kappa shape index (κ2) is 6.99. The molecule has 1 amide bonds. The molecule has 0 unspecified atom stereocenters. The SMILES string of the molecule is COc1cccc(CO)c1OCC(=O)NCC(F)(F)F. The fourth-order valence-electron chi connectivity index (χ4n) is 1.40. The van der Waals surface area contributed by atoms with Crippen molar-refractivity contribution in [2.24, 2.45) is 0 Å². The van der Waals surface area contributed by atoms with Gasteiger partial charge in [0, 0.05) is 5.56 Å². The van der Waals surface area contributed by atoms with Gasteiger partial charge in [-0.05, 0) is 6.07 Å². The summed E-state index contributed by atoms with van der Waals surface area (Å²) in [5.74, 6) is -0.517. The lowest BCUT2D eigenvalue weighted by molar-refractivity contribution is -0.139. The third-order valence-electron chi connectivity index (χ3n) is 2.28. The molecule has 0 saturated carbocycles. The summed E-state index contributed by atoms with van der Waals surface area (Å²) in [5, 5.41) is 10.8. The Balaban J connectivity index is 2.63. The molecule has 0 aliphatic rings. The summed E-state index contributed by atoms with van der Waals surface area (Å²) >= 11 is 0. The van der Waals surface area contributed by atoms with Gasteiger partial charge < -0.3 is 19.9 Å². The van der Waals surface area contributed by atoms with E-state index in [0.717, 1.165) is 0 Å². The van der Waals surface area contributed by atoms with E-state index in [1.807, 2.05) is 0 Å². The van der Waals surface area contributed by atoms with Gasteiger partial charge in [-0.3, -0.25) is 4.79 Å². The van der Waals surface area contributed by atoms with E-state index in [1.165, 1.54) is 7.11 Å². The Bertz CT molecular complexity index is 440. The predicted molar refractivity (Wildman–Crippen MR) is 63.5 cm³/mol. The van der Waals surface area contributed by atoms with Crippen LogP contribution in [0.15, 0.2) is 18.2 Å². The second-order valence-corrected chi connectivity index (χ2v) is 3.79. The summed E-state index contributed by atoms with van der Waals surface area (Å²) in [6.45, 7) is -2.38. The van der Waals surface area contributed by atoms with Crippen LogP contribution in [0.4, 0.5) is 13.2 Å². The molecule has 0 fully saturated rings. The number of aliphatic hydroxyl groups excluding tert-OH is 1. The smallest absolute Gasteiger partial charge is 0.405 e. The van der Waals surface area contributed by atoms with Crippen LogP contribution in [0.25, 0.3) is 0 Å². The molecule has 0 heterocycles. The number of benzene rings is 1. The number of amides is 1. The zero-order valence-corrected chi connectivity index (χ0v) is 10.7. The fraction of sp³-hybridized carbons (Fsp3) is 0.417. The van der Waals surface area contributed by atoms with Gasteiger partial charge in [-0.1, -0.05) is 12.1 Å². The number of carbonyl (C=O) groups is 1. The highest BCUT2D eigenvalue weighted by Gasteiger charge is 2.27. The van der Waals surface area contributed by atoms with E-state index < -0.39 is 25.2 Å². The molecule has 0 saturated heterocycles. The van der Waals surface area contributed by atoms with Crippen LogP contribution in [-0.4, -0.2) is 37.5 Å². The largest absolute Gasteiger partial charge is 0.493 e. The summed E-state index contributed by atoms with van der Waals surface area (Å²) in [6.07, 6.45) is -4.48. The average Bonchev–Trinajstić information content (AvgIpc) is 2.41. The molecule has 112 valence electrons. The number of hydrogen-bond donors (Lipinski definition) is 2. The minimum absolute atomic E-state index is 0.125. The molecule has 5 nitrogen and oxygen atoms in total. The van der Waals surface area contributed by atoms with Crippen molar-refractivity contribution in [2.45, 2.75) is 12.8 Å². The number of aliphatic hydroxyl groups is 1. The van der Waals surface area contributed by atoms with Crippen LogP contribution in [0.5, 0.6) is 11.5 Å². The summed E-state index contributed by atoms with van der Waals surface area (Å²) in [7, 11) is 1.37. The zero-order chi connectivity index (χ0) is 15.2. The number of alkyl halides is 3. The maximum Gasteiger partial charge on any atom is 0.405 e. The Morgan fingerprint density at radius 1 is 1.40 bits per heavy atom. The minimum Gasteiger partial charge on any atom is -0.493 e. The first-order valence-corrected chi connectivity index (χ1v) is 5.60. The quantitative estimate of drug-likeness (QED) is 0.828. The molecular formula is C12H14F3NO4. The number of rotatable bonds is 6. The lowest BCUT2D eigenvalue weighted by Gasteiger charge is -2.14. The van der Waals surface area contributed by atoms with E-state index in [-0.39, 0.29) is 18.1 Å². The van der Waals surface area contributed by atoms with Crippen LogP contribution >= 0.6 is 0 Å². The Kier molecular flexibility index (Phi) is 5.63. The highest BCUT2D eigenvalue weighted by molar-refractivity contribution is 5.77. The molecule has 2 N–H and O–H groups in total. The van der Waals surface area contributed by atoms with E-state index in [9.17, 15) is 18.0 Å². The van der Waals surface area contributed by atoms with Crippen molar-refractivity contribution in [3.8, 4) is 11.5 Å². The number of hydrogen-bond acceptors (Lipinski definition) is 4. The Morgan fingerprint density at radius 3 is 2.65 bits per heavy atom. The molecule has 0 aromatic heterocycles. The first kappa shape index (κ1) is 16.1. The fourth-order valence-corrected chi connectivity index (χ4v) is 1.40. The summed E-state index contributed by atoms with van der Waals surface area (Å²) in [5.41, 5.74) is 0.368. The van der Waals surface area contributed by atoms with Crippen molar-refractivity contribution in [2.75, 3.05) is 20.3 Å². The van der Waals surface area contributed by atoms with Gasteiger partial charge >= 0.3 is 6.18 Å². The molecule has 0 aliphatic carbocycles. The van der Waals surface area contributed by atoms with Crippen molar-refractivity contribution in [3.05, 3.63) is 23.8 Å². The summed E-state index contributed by atoms with van der Waals surface area (Å²) < 4.78 is 45.8. The first-order chi connectivity index (χ1) is 9.37. The highest BCUT2D eigenvalue weighted by Crippen LogP contribution is 2.30. The number of methoxy groups -OCH3 is 1. The average molecular weight is 293 g/mol. The van der Waals surface area contributed by atoms with Gasteiger partial charge in [0.05, 0.1) is 13.7 Å². The van der Waals surface area contributed by atoms with Crippen molar-refractivity contribution < 1.29 is 32.5 Å². The molecule has 0 radical (unpaired) electrons. The lowest BCUT2D eigenvalue weighted by Crippen LogP contribution is -2.36. The van der Waals surface area contributed by atoms with Gasteiger partial charge in [0.25, 0.3) is 5.91 Å². The molecule has 1 aromatic carbocycles. The second-order valence-electron chi connectivity index (χ2n) is 3.79. The number of carbonyl (C=O) groups excluding carboxylic acids is 1. The van der Waals surface area contributed by atoms with E-state index in [2.05, 4.69) is 0 Å². The standard InChI is InChI=1S/C12H14F3NO4/c1-19-9-4-2-3-8(5-17)11(9)20-6-10(18)16-7-12(13,14)15/h2-4,17H,5-7H2,1H3,(H,16,18). The van der Waals surface area contributed by atoms with Crippen LogP contribution in [0.1, 0.15) is 5.56 Å². The van der Waals surface area contributed by atoms with Gasteiger partial charge in [0.15, 0.2) is 18.1 Å². The molecular weight excluding hydrogens is 279 g/mol. The van der Waals surface area contributed by atoms with Gasteiger partial charge in [-0.15, -0.1) is 0 Å². The molecule has 20 heavy (non-hydrogen) atoms. The van der Waals surface area contributed by atoms with Gasteiger partial charge in [-0.25, -0.2) is 0 Å².